The van der Waals surface area contributed by atoms with E-state index in [1.54, 1.807) is 20.4 Å². The summed E-state index contributed by atoms with van der Waals surface area (Å²) < 4.78 is 21.6. The molecule has 0 aliphatic carbocycles. The van der Waals surface area contributed by atoms with Gasteiger partial charge in [0.05, 0.1) is 25.3 Å². The van der Waals surface area contributed by atoms with Crippen LogP contribution < -0.4 is 14.8 Å². The van der Waals surface area contributed by atoms with E-state index in [1.807, 2.05) is 30.3 Å². The third-order valence-corrected chi connectivity index (χ3v) is 4.65. The van der Waals surface area contributed by atoms with Gasteiger partial charge < -0.3 is 24.1 Å². The molecule has 0 bridgehead atoms. The molecule has 0 radical (unpaired) electrons. The monoisotopic (exact) mass is 382 g/mol. The highest BCUT2D eigenvalue weighted by molar-refractivity contribution is 5.69. The number of nitrogens with zero attached hydrogens (tertiary/aromatic N) is 3. The predicted molar refractivity (Wildman–Crippen MR) is 104 cm³/mol. The van der Waals surface area contributed by atoms with Crippen molar-refractivity contribution in [2.75, 3.05) is 32.8 Å². The lowest BCUT2D eigenvalue weighted by Crippen LogP contribution is -2.28. The van der Waals surface area contributed by atoms with Crippen molar-refractivity contribution in [3.63, 3.8) is 0 Å². The van der Waals surface area contributed by atoms with Crippen LogP contribution >= 0.6 is 0 Å². The fourth-order valence-corrected chi connectivity index (χ4v) is 3.17. The van der Waals surface area contributed by atoms with Gasteiger partial charge in [0.1, 0.15) is 5.82 Å². The average molecular weight is 382 g/mol. The van der Waals surface area contributed by atoms with Crippen molar-refractivity contribution in [1.29, 1.82) is 0 Å². The maximum Gasteiger partial charge on any atom is 0.259 e. The Morgan fingerprint density at radius 2 is 1.93 bits per heavy atom. The summed E-state index contributed by atoms with van der Waals surface area (Å²) in [4.78, 5) is 8.96. The molecule has 0 saturated carbocycles. The smallest absolute Gasteiger partial charge is 0.259 e. The molecule has 1 N–H and O–H groups in total. The molecule has 3 aromatic rings. The number of hydrogen-bond acceptors (Lipinski definition) is 8. The number of para-hydroxylation sites is 1. The van der Waals surface area contributed by atoms with Gasteiger partial charge in [0.2, 0.25) is 5.82 Å². The van der Waals surface area contributed by atoms with E-state index in [9.17, 15) is 0 Å². The molecule has 2 aromatic heterocycles. The molecule has 146 valence electrons. The summed E-state index contributed by atoms with van der Waals surface area (Å²) in [6.45, 7) is 1.57. The van der Waals surface area contributed by atoms with E-state index in [2.05, 4.69) is 20.4 Å². The van der Waals surface area contributed by atoms with Crippen molar-refractivity contribution in [3.8, 4) is 34.3 Å². The maximum absolute atomic E-state index is 5.45. The highest BCUT2D eigenvalue weighted by Crippen LogP contribution is 2.37. The van der Waals surface area contributed by atoms with E-state index in [-0.39, 0.29) is 0 Å². The van der Waals surface area contributed by atoms with Crippen molar-refractivity contribution in [3.05, 3.63) is 36.5 Å². The number of aromatic nitrogens is 3. The van der Waals surface area contributed by atoms with Crippen molar-refractivity contribution in [1.82, 2.24) is 15.1 Å². The molecule has 0 amide bonds. The lowest BCUT2D eigenvalue weighted by atomic mass is 10.1. The molecule has 1 aromatic carbocycles. The number of pyridine rings is 1. The molecule has 4 rings (SSSR count). The Labute approximate surface area is 162 Å². The van der Waals surface area contributed by atoms with Crippen molar-refractivity contribution in [2.24, 2.45) is 0 Å². The number of anilines is 1. The van der Waals surface area contributed by atoms with Crippen LogP contribution in [0.3, 0.4) is 0 Å². The molecule has 8 nitrogen and oxygen atoms in total. The van der Waals surface area contributed by atoms with E-state index >= 15 is 0 Å². The minimum atomic E-state index is 0.391. The van der Waals surface area contributed by atoms with Gasteiger partial charge in [-0.2, -0.15) is 4.98 Å². The van der Waals surface area contributed by atoms with Gasteiger partial charge in [0.25, 0.3) is 5.89 Å². The van der Waals surface area contributed by atoms with Crippen LogP contribution in [0.25, 0.3) is 22.8 Å². The highest BCUT2D eigenvalue weighted by atomic mass is 16.5. The maximum atomic E-state index is 5.45. The lowest BCUT2D eigenvalue weighted by molar-refractivity contribution is 0.0904. The van der Waals surface area contributed by atoms with Gasteiger partial charge in [0, 0.05) is 25.5 Å². The number of benzene rings is 1. The van der Waals surface area contributed by atoms with Gasteiger partial charge in [0.15, 0.2) is 11.5 Å². The Morgan fingerprint density at radius 1 is 1.07 bits per heavy atom. The zero-order chi connectivity index (χ0) is 19.3. The molecule has 0 unspecified atom stereocenters. The molecule has 1 saturated heterocycles. The Balaban J connectivity index is 1.53. The summed E-state index contributed by atoms with van der Waals surface area (Å²) in [7, 11) is 3.17. The molecule has 8 heteroatoms. The second-order valence-corrected chi connectivity index (χ2v) is 6.43. The molecule has 1 fully saturated rings. The molecule has 1 aliphatic rings. The molecule has 28 heavy (non-hydrogen) atoms. The number of methoxy groups -OCH3 is 2. The lowest BCUT2D eigenvalue weighted by Gasteiger charge is -2.23. The predicted octanol–water partition coefficient (Wildman–Crippen LogP) is 3.41. The molecular formula is C20H22N4O4. The van der Waals surface area contributed by atoms with Crippen molar-refractivity contribution >= 4 is 5.82 Å². The SMILES string of the molecule is COc1cccc(-c2noc(-c3ccc(NC4CCOCC4)nc3)n2)c1OC. The molecule has 3 heterocycles. The Kier molecular flexibility index (Phi) is 5.38. The summed E-state index contributed by atoms with van der Waals surface area (Å²) in [5.41, 5.74) is 1.45. The summed E-state index contributed by atoms with van der Waals surface area (Å²) >= 11 is 0. The topological polar surface area (TPSA) is 91.5 Å². The van der Waals surface area contributed by atoms with Crippen LogP contribution in [0.15, 0.2) is 41.1 Å². The normalized spacial score (nSPS) is 14.6. The number of ether oxygens (including phenoxy) is 3. The highest BCUT2D eigenvalue weighted by Gasteiger charge is 2.18. The Morgan fingerprint density at radius 3 is 2.64 bits per heavy atom. The van der Waals surface area contributed by atoms with Crippen LogP contribution in [-0.4, -0.2) is 48.6 Å². The standard InChI is InChI=1S/C20H22N4O4/c1-25-16-5-3-4-15(18(16)26-2)19-23-20(28-24-19)13-6-7-17(21-12-13)22-14-8-10-27-11-9-14/h3-7,12,14H,8-11H2,1-2H3,(H,21,22). The van der Waals surface area contributed by atoms with E-state index in [4.69, 9.17) is 18.7 Å². The van der Waals surface area contributed by atoms with Gasteiger partial charge >= 0.3 is 0 Å². The zero-order valence-corrected chi connectivity index (χ0v) is 15.8. The van der Waals surface area contributed by atoms with Crippen LogP contribution in [0.5, 0.6) is 11.5 Å². The van der Waals surface area contributed by atoms with Gasteiger partial charge in [-0.25, -0.2) is 4.98 Å². The van der Waals surface area contributed by atoms with Crippen LogP contribution in [0, 0.1) is 0 Å². The fourth-order valence-electron chi connectivity index (χ4n) is 3.17. The quantitative estimate of drug-likeness (QED) is 0.693. The fraction of sp³-hybridized carbons (Fsp3) is 0.350. The minimum Gasteiger partial charge on any atom is -0.493 e. The van der Waals surface area contributed by atoms with Crippen molar-refractivity contribution < 1.29 is 18.7 Å². The van der Waals surface area contributed by atoms with Crippen LogP contribution in [0.2, 0.25) is 0 Å². The summed E-state index contributed by atoms with van der Waals surface area (Å²) in [5, 5.41) is 7.51. The third-order valence-electron chi connectivity index (χ3n) is 4.65. The first kappa shape index (κ1) is 18.2. The molecular weight excluding hydrogens is 360 g/mol. The molecule has 0 spiro atoms. The second kappa shape index (κ2) is 8.26. The van der Waals surface area contributed by atoms with Gasteiger partial charge in [-0.1, -0.05) is 11.2 Å². The van der Waals surface area contributed by atoms with Crippen LogP contribution in [0.4, 0.5) is 5.82 Å². The molecule has 0 atom stereocenters. The largest absolute Gasteiger partial charge is 0.493 e. The number of nitrogens with one attached hydrogen (secondary N) is 1. The van der Waals surface area contributed by atoms with Crippen LogP contribution in [-0.2, 0) is 4.74 Å². The second-order valence-electron chi connectivity index (χ2n) is 6.43. The van der Waals surface area contributed by atoms with Crippen LogP contribution in [0.1, 0.15) is 12.8 Å². The van der Waals surface area contributed by atoms with Gasteiger partial charge in [-0.05, 0) is 37.1 Å². The Bertz CT molecular complexity index is 920. The number of rotatable bonds is 6. The first-order valence-corrected chi connectivity index (χ1v) is 9.14. The number of hydrogen-bond donors (Lipinski definition) is 1. The zero-order valence-electron chi connectivity index (χ0n) is 15.8. The third kappa shape index (κ3) is 3.77. The van der Waals surface area contributed by atoms with E-state index in [0.29, 0.717) is 34.8 Å². The van der Waals surface area contributed by atoms with E-state index in [0.717, 1.165) is 37.4 Å². The Hall–Kier alpha value is -3.13. The van der Waals surface area contributed by atoms with Gasteiger partial charge in [-0.15, -0.1) is 0 Å². The average Bonchev–Trinajstić information content (AvgIpc) is 3.24. The molecule has 1 aliphatic heterocycles. The van der Waals surface area contributed by atoms with E-state index in [1.165, 1.54) is 0 Å². The van der Waals surface area contributed by atoms with E-state index < -0.39 is 0 Å². The summed E-state index contributed by atoms with van der Waals surface area (Å²) in [5.74, 6) is 2.81. The first-order chi connectivity index (χ1) is 13.8. The minimum absolute atomic E-state index is 0.391. The van der Waals surface area contributed by atoms with Gasteiger partial charge in [-0.3, -0.25) is 0 Å². The first-order valence-electron chi connectivity index (χ1n) is 9.14. The summed E-state index contributed by atoms with van der Waals surface area (Å²) in [6, 6.07) is 9.75. The summed E-state index contributed by atoms with van der Waals surface area (Å²) in [6.07, 6.45) is 3.69. The van der Waals surface area contributed by atoms with Crippen molar-refractivity contribution in [2.45, 2.75) is 18.9 Å².